The lowest BCUT2D eigenvalue weighted by molar-refractivity contribution is 0.0904. The van der Waals surface area contributed by atoms with Crippen molar-refractivity contribution >= 4 is 11.3 Å². The van der Waals surface area contributed by atoms with Gasteiger partial charge in [-0.3, -0.25) is 0 Å². The van der Waals surface area contributed by atoms with Crippen molar-refractivity contribution in [2.75, 3.05) is 18.5 Å². The van der Waals surface area contributed by atoms with E-state index in [9.17, 15) is 0 Å². The van der Waals surface area contributed by atoms with Crippen LogP contribution >= 0.6 is 0 Å². The van der Waals surface area contributed by atoms with Crippen molar-refractivity contribution < 1.29 is 4.74 Å². The Balaban J connectivity index is 1.63. The average molecular weight is 294 g/mol. The predicted octanol–water partition coefficient (Wildman–Crippen LogP) is 2.99. The first-order valence-electron chi connectivity index (χ1n) is 7.64. The van der Waals surface area contributed by atoms with E-state index in [0.717, 1.165) is 48.6 Å². The molecule has 22 heavy (non-hydrogen) atoms. The molecule has 5 nitrogen and oxygen atoms in total. The highest BCUT2D eigenvalue weighted by Gasteiger charge is 2.14. The molecule has 0 atom stereocenters. The molecule has 1 aliphatic heterocycles. The summed E-state index contributed by atoms with van der Waals surface area (Å²) >= 11 is 0. The highest BCUT2D eigenvalue weighted by atomic mass is 16.5. The van der Waals surface area contributed by atoms with Gasteiger partial charge in [-0.2, -0.15) is 5.10 Å². The van der Waals surface area contributed by atoms with Crippen LogP contribution in [0.4, 0.5) is 5.82 Å². The number of hydrogen-bond acceptors (Lipinski definition) is 4. The summed E-state index contributed by atoms with van der Waals surface area (Å²) in [7, 11) is 0. The van der Waals surface area contributed by atoms with Gasteiger partial charge in [0.15, 0.2) is 0 Å². The van der Waals surface area contributed by atoms with Crippen LogP contribution in [0.3, 0.4) is 0 Å². The Morgan fingerprint density at radius 1 is 1.09 bits per heavy atom. The second-order valence-electron chi connectivity index (χ2n) is 5.53. The van der Waals surface area contributed by atoms with Gasteiger partial charge in [0.1, 0.15) is 5.82 Å². The molecule has 0 aliphatic carbocycles. The SMILES string of the molecule is c1cc(NC2CCOCC2)nc(-c2cnn3ccccc23)c1. The Labute approximate surface area is 128 Å². The molecular weight excluding hydrogens is 276 g/mol. The van der Waals surface area contributed by atoms with Gasteiger partial charge in [0.25, 0.3) is 0 Å². The van der Waals surface area contributed by atoms with Gasteiger partial charge in [-0.1, -0.05) is 12.1 Å². The standard InChI is InChI=1S/C17H18N4O/c1-2-9-21-16(5-1)14(12-18-21)15-4-3-6-17(20-15)19-13-7-10-22-11-8-13/h1-6,9,12-13H,7-8,10-11H2,(H,19,20). The van der Waals surface area contributed by atoms with Crippen LogP contribution in [-0.4, -0.2) is 33.9 Å². The molecule has 0 unspecified atom stereocenters. The average Bonchev–Trinajstić information content (AvgIpc) is 3.00. The van der Waals surface area contributed by atoms with Crippen molar-refractivity contribution in [3.05, 3.63) is 48.8 Å². The van der Waals surface area contributed by atoms with E-state index in [2.05, 4.69) is 16.5 Å². The number of nitrogens with one attached hydrogen (secondary N) is 1. The summed E-state index contributed by atoms with van der Waals surface area (Å²) in [5.74, 6) is 0.916. The van der Waals surface area contributed by atoms with Crippen LogP contribution in [0.25, 0.3) is 16.8 Å². The van der Waals surface area contributed by atoms with Crippen molar-refractivity contribution in [1.82, 2.24) is 14.6 Å². The molecular formula is C17H18N4O. The molecule has 1 fully saturated rings. The zero-order valence-electron chi connectivity index (χ0n) is 12.3. The van der Waals surface area contributed by atoms with Crippen LogP contribution < -0.4 is 5.32 Å². The Morgan fingerprint density at radius 3 is 2.91 bits per heavy atom. The third-order valence-electron chi connectivity index (χ3n) is 4.02. The number of nitrogens with zero attached hydrogens (tertiary/aromatic N) is 3. The molecule has 1 saturated heterocycles. The van der Waals surface area contributed by atoms with Crippen LogP contribution in [0.1, 0.15) is 12.8 Å². The topological polar surface area (TPSA) is 51.5 Å². The van der Waals surface area contributed by atoms with Crippen molar-refractivity contribution in [3.8, 4) is 11.3 Å². The first-order chi connectivity index (χ1) is 10.9. The molecule has 5 heteroatoms. The number of anilines is 1. The quantitative estimate of drug-likeness (QED) is 0.807. The lowest BCUT2D eigenvalue weighted by Crippen LogP contribution is -2.28. The van der Waals surface area contributed by atoms with Gasteiger partial charge in [-0.05, 0) is 37.1 Å². The van der Waals surface area contributed by atoms with Crippen LogP contribution in [0.2, 0.25) is 0 Å². The number of hydrogen-bond donors (Lipinski definition) is 1. The van der Waals surface area contributed by atoms with Crippen LogP contribution in [0, 0.1) is 0 Å². The van der Waals surface area contributed by atoms with Crippen molar-refractivity contribution in [1.29, 1.82) is 0 Å². The Hall–Kier alpha value is -2.40. The minimum Gasteiger partial charge on any atom is -0.381 e. The number of ether oxygens (including phenoxy) is 1. The predicted molar refractivity (Wildman–Crippen MR) is 85.9 cm³/mol. The van der Waals surface area contributed by atoms with Gasteiger partial charge in [-0.25, -0.2) is 9.50 Å². The highest BCUT2D eigenvalue weighted by Crippen LogP contribution is 2.24. The fraction of sp³-hybridized carbons (Fsp3) is 0.294. The molecule has 0 amide bonds. The number of pyridine rings is 2. The molecule has 4 rings (SSSR count). The number of aromatic nitrogens is 3. The molecule has 1 N–H and O–H groups in total. The van der Waals surface area contributed by atoms with E-state index in [4.69, 9.17) is 9.72 Å². The Bertz CT molecular complexity index is 777. The summed E-state index contributed by atoms with van der Waals surface area (Å²) in [4.78, 5) is 4.75. The van der Waals surface area contributed by atoms with E-state index in [-0.39, 0.29) is 0 Å². The molecule has 4 heterocycles. The van der Waals surface area contributed by atoms with E-state index in [1.807, 2.05) is 47.2 Å². The van der Waals surface area contributed by atoms with Crippen LogP contribution in [0.15, 0.2) is 48.8 Å². The Morgan fingerprint density at radius 2 is 2.00 bits per heavy atom. The summed E-state index contributed by atoms with van der Waals surface area (Å²) in [6, 6.07) is 12.6. The zero-order valence-corrected chi connectivity index (χ0v) is 12.3. The second kappa shape index (κ2) is 5.77. The molecule has 3 aromatic heterocycles. The zero-order chi connectivity index (χ0) is 14.8. The maximum absolute atomic E-state index is 5.40. The summed E-state index contributed by atoms with van der Waals surface area (Å²) in [6.45, 7) is 1.65. The monoisotopic (exact) mass is 294 g/mol. The third kappa shape index (κ3) is 2.55. The van der Waals surface area contributed by atoms with Crippen LogP contribution in [-0.2, 0) is 4.74 Å². The summed E-state index contributed by atoms with van der Waals surface area (Å²) in [6.07, 6.45) is 5.88. The van der Waals surface area contributed by atoms with Crippen molar-refractivity contribution in [2.24, 2.45) is 0 Å². The largest absolute Gasteiger partial charge is 0.381 e. The van der Waals surface area contributed by atoms with Gasteiger partial charge in [-0.15, -0.1) is 0 Å². The van der Waals surface area contributed by atoms with Crippen molar-refractivity contribution in [3.63, 3.8) is 0 Å². The summed E-state index contributed by atoms with van der Waals surface area (Å²) < 4.78 is 7.27. The van der Waals surface area contributed by atoms with E-state index < -0.39 is 0 Å². The Kier molecular flexibility index (Phi) is 3.48. The summed E-state index contributed by atoms with van der Waals surface area (Å²) in [5.41, 5.74) is 3.06. The maximum atomic E-state index is 5.40. The van der Waals surface area contributed by atoms with E-state index in [1.54, 1.807) is 0 Å². The smallest absolute Gasteiger partial charge is 0.126 e. The second-order valence-corrected chi connectivity index (χ2v) is 5.53. The highest BCUT2D eigenvalue weighted by molar-refractivity contribution is 5.78. The first kappa shape index (κ1) is 13.3. The summed E-state index contributed by atoms with van der Waals surface area (Å²) in [5, 5.41) is 7.89. The third-order valence-corrected chi connectivity index (χ3v) is 4.02. The molecule has 0 aromatic carbocycles. The van der Waals surface area contributed by atoms with Crippen molar-refractivity contribution in [2.45, 2.75) is 18.9 Å². The number of fused-ring (bicyclic) bond motifs is 1. The maximum Gasteiger partial charge on any atom is 0.126 e. The van der Waals surface area contributed by atoms with Gasteiger partial charge >= 0.3 is 0 Å². The van der Waals surface area contributed by atoms with Gasteiger partial charge < -0.3 is 10.1 Å². The van der Waals surface area contributed by atoms with Gasteiger partial charge in [0.05, 0.1) is 17.4 Å². The molecule has 0 spiro atoms. The molecule has 0 saturated carbocycles. The normalized spacial score (nSPS) is 16.0. The first-order valence-corrected chi connectivity index (χ1v) is 7.64. The fourth-order valence-electron chi connectivity index (χ4n) is 2.85. The van der Waals surface area contributed by atoms with Gasteiger partial charge in [0.2, 0.25) is 0 Å². The molecule has 1 aliphatic rings. The minimum absolute atomic E-state index is 0.445. The number of rotatable bonds is 3. The van der Waals surface area contributed by atoms with Crippen LogP contribution in [0.5, 0.6) is 0 Å². The van der Waals surface area contributed by atoms with E-state index >= 15 is 0 Å². The van der Waals surface area contributed by atoms with E-state index in [1.165, 1.54) is 0 Å². The lowest BCUT2D eigenvalue weighted by Gasteiger charge is -2.23. The molecule has 0 bridgehead atoms. The molecule has 3 aromatic rings. The van der Waals surface area contributed by atoms with E-state index in [0.29, 0.717) is 6.04 Å². The molecule has 112 valence electrons. The molecule has 0 radical (unpaired) electrons. The lowest BCUT2D eigenvalue weighted by atomic mass is 10.1. The van der Waals surface area contributed by atoms with Gasteiger partial charge in [0, 0.05) is 31.0 Å². The minimum atomic E-state index is 0.445. The fourth-order valence-corrected chi connectivity index (χ4v) is 2.85.